The normalized spacial score (nSPS) is 11.5. The molecule has 0 aliphatic heterocycles. The summed E-state index contributed by atoms with van der Waals surface area (Å²) in [6.07, 6.45) is 3.31. The Kier molecular flexibility index (Phi) is 3.16. The smallest absolute Gasteiger partial charge is 0.265 e. The van der Waals surface area contributed by atoms with Gasteiger partial charge in [0.1, 0.15) is 5.52 Å². The summed E-state index contributed by atoms with van der Waals surface area (Å²) >= 11 is 0. The molecule has 0 bridgehead atoms. The molecule has 3 heterocycles. The maximum Gasteiger partial charge on any atom is 0.265 e. The molecule has 0 spiro atoms. The van der Waals surface area contributed by atoms with E-state index in [-0.39, 0.29) is 0 Å². The summed E-state index contributed by atoms with van der Waals surface area (Å²) in [6, 6.07) is 11.6. The molecule has 0 amide bonds. The molecule has 23 heavy (non-hydrogen) atoms. The topological polar surface area (TPSA) is 91.7 Å². The Hall–Kier alpha value is -3.35. The Morgan fingerprint density at radius 3 is 2.96 bits per heavy atom. The lowest BCUT2D eigenvalue weighted by Crippen LogP contribution is -1.99. The number of H-pyrrole nitrogens is 1. The van der Waals surface area contributed by atoms with E-state index in [1.807, 2.05) is 43.3 Å². The van der Waals surface area contributed by atoms with Crippen molar-refractivity contribution in [3.8, 4) is 0 Å². The molecule has 4 rings (SSSR count). The second kappa shape index (κ2) is 5.45. The summed E-state index contributed by atoms with van der Waals surface area (Å²) in [7, 11) is 0. The zero-order chi connectivity index (χ0) is 15.6. The van der Waals surface area contributed by atoms with Gasteiger partial charge in [-0.2, -0.15) is 10.1 Å². The zero-order valence-electron chi connectivity index (χ0n) is 12.4. The van der Waals surface area contributed by atoms with E-state index >= 15 is 0 Å². The van der Waals surface area contributed by atoms with Gasteiger partial charge in [0.15, 0.2) is 5.65 Å². The molecule has 112 valence electrons. The Balaban J connectivity index is 1.65. The quantitative estimate of drug-likeness (QED) is 0.448. The monoisotopic (exact) mass is 303 g/mol. The van der Waals surface area contributed by atoms with Crippen LogP contribution in [0.15, 0.2) is 47.7 Å². The van der Waals surface area contributed by atoms with Crippen molar-refractivity contribution in [2.24, 2.45) is 5.10 Å². The molecule has 0 fully saturated rings. The molecule has 0 saturated carbocycles. The number of anilines is 1. The highest BCUT2D eigenvalue weighted by Crippen LogP contribution is 2.24. The van der Waals surface area contributed by atoms with Crippen LogP contribution in [0, 0.1) is 6.92 Å². The van der Waals surface area contributed by atoms with Gasteiger partial charge in [-0.3, -0.25) is 4.98 Å². The number of fused-ring (bicyclic) bond motifs is 3. The molecule has 2 N–H and O–H groups in total. The first kappa shape index (κ1) is 13.3. The fraction of sp³-hybridized carbons (Fsp3) is 0.0625. The van der Waals surface area contributed by atoms with E-state index in [4.69, 9.17) is 0 Å². The minimum Gasteiger partial charge on any atom is -0.337 e. The Morgan fingerprint density at radius 2 is 2.09 bits per heavy atom. The second-order valence-corrected chi connectivity index (χ2v) is 5.08. The summed E-state index contributed by atoms with van der Waals surface area (Å²) in [5, 5.41) is 13.4. The van der Waals surface area contributed by atoms with E-state index < -0.39 is 0 Å². The van der Waals surface area contributed by atoms with Crippen LogP contribution >= 0.6 is 0 Å². The number of rotatable bonds is 3. The number of nitrogens with one attached hydrogen (secondary N) is 2. The summed E-state index contributed by atoms with van der Waals surface area (Å²) < 4.78 is 0. The van der Waals surface area contributed by atoms with E-state index in [0.29, 0.717) is 11.6 Å². The van der Waals surface area contributed by atoms with Gasteiger partial charge in [0, 0.05) is 11.6 Å². The van der Waals surface area contributed by atoms with Gasteiger partial charge in [-0.25, -0.2) is 5.43 Å². The summed E-state index contributed by atoms with van der Waals surface area (Å²) in [6.45, 7) is 2.04. The summed E-state index contributed by atoms with van der Waals surface area (Å²) in [5.74, 6) is 0.328. The Bertz CT molecular complexity index is 1000. The van der Waals surface area contributed by atoms with Crippen LogP contribution in [0.3, 0.4) is 0 Å². The van der Waals surface area contributed by atoms with Crippen LogP contribution in [0.25, 0.3) is 22.1 Å². The van der Waals surface area contributed by atoms with Crippen molar-refractivity contribution in [2.75, 3.05) is 5.43 Å². The average molecular weight is 303 g/mol. The molecular formula is C16H13N7. The lowest BCUT2D eigenvalue weighted by Gasteiger charge is -1.96. The minimum absolute atomic E-state index is 0.328. The third kappa shape index (κ3) is 2.48. The Labute approximate surface area is 131 Å². The first-order chi connectivity index (χ1) is 11.3. The number of hydrogen-bond acceptors (Lipinski definition) is 6. The lowest BCUT2D eigenvalue weighted by molar-refractivity contribution is 1.01. The van der Waals surface area contributed by atoms with Gasteiger partial charge < -0.3 is 4.98 Å². The standard InChI is InChI=1S/C16H13N7/c1-10-5-4-7-12-13(10)19-15-14(12)21-23-16(20-15)22-18-9-11-6-2-3-8-17-11/h2-9H,1H3,(H2,19,20,22,23)/b18-9-. The van der Waals surface area contributed by atoms with Crippen LogP contribution in [-0.4, -0.2) is 31.4 Å². The van der Waals surface area contributed by atoms with E-state index in [1.165, 1.54) is 0 Å². The average Bonchev–Trinajstić information content (AvgIpc) is 2.95. The molecule has 0 saturated heterocycles. The first-order valence-corrected chi connectivity index (χ1v) is 7.13. The predicted molar refractivity (Wildman–Crippen MR) is 89.4 cm³/mol. The summed E-state index contributed by atoms with van der Waals surface area (Å²) in [4.78, 5) is 11.8. The third-order valence-corrected chi connectivity index (χ3v) is 3.51. The first-order valence-electron chi connectivity index (χ1n) is 7.13. The molecule has 7 heteroatoms. The van der Waals surface area contributed by atoms with Crippen molar-refractivity contribution in [1.29, 1.82) is 0 Å². The van der Waals surface area contributed by atoms with Gasteiger partial charge in [-0.15, -0.1) is 10.2 Å². The van der Waals surface area contributed by atoms with Gasteiger partial charge in [-0.1, -0.05) is 24.3 Å². The van der Waals surface area contributed by atoms with E-state index in [1.54, 1.807) is 12.4 Å². The molecule has 0 atom stereocenters. The minimum atomic E-state index is 0.328. The van der Waals surface area contributed by atoms with Crippen molar-refractivity contribution in [3.05, 3.63) is 53.9 Å². The van der Waals surface area contributed by atoms with Gasteiger partial charge >= 0.3 is 0 Å². The second-order valence-electron chi connectivity index (χ2n) is 5.08. The third-order valence-electron chi connectivity index (χ3n) is 3.51. The molecule has 0 unspecified atom stereocenters. The van der Waals surface area contributed by atoms with Crippen molar-refractivity contribution < 1.29 is 0 Å². The van der Waals surface area contributed by atoms with Crippen LogP contribution in [-0.2, 0) is 0 Å². The number of aryl methyl sites for hydroxylation is 1. The fourth-order valence-electron chi connectivity index (χ4n) is 2.40. The van der Waals surface area contributed by atoms with Crippen molar-refractivity contribution in [1.82, 2.24) is 25.1 Å². The lowest BCUT2D eigenvalue weighted by atomic mass is 10.1. The fourth-order valence-corrected chi connectivity index (χ4v) is 2.40. The molecule has 7 nitrogen and oxygen atoms in total. The van der Waals surface area contributed by atoms with E-state index in [9.17, 15) is 0 Å². The van der Waals surface area contributed by atoms with Crippen LogP contribution in [0.2, 0.25) is 0 Å². The van der Waals surface area contributed by atoms with Crippen molar-refractivity contribution >= 4 is 34.2 Å². The number of hydrazone groups is 1. The number of para-hydroxylation sites is 1. The molecule has 4 aromatic rings. The van der Waals surface area contributed by atoms with Crippen molar-refractivity contribution in [2.45, 2.75) is 6.92 Å². The molecule has 3 aromatic heterocycles. The number of benzene rings is 1. The zero-order valence-corrected chi connectivity index (χ0v) is 12.4. The van der Waals surface area contributed by atoms with Gasteiger partial charge in [0.05, 0.1) is 17.4 Å². The number of aromatic amines is 1. The highest BCUT2D eigenvalue weighted by molar-refractivity contribution is 6.04. The maximum atomic E-state index is 4.41. The molecular weight excluding hydrogens is 290 g/mol. The SMILES string of the molecule is Cc1cccc2c1[nH]c1nc(N/N=C\c3ccccn3)nnc12. The molecule has 0 aliphatic rings. The largest absolute Gasteiger partial charge is 0.337 e. The Morgan fingerprint density at radius 1 is 1.13 bits per heavy atom. The predicted octanol–water partition coefficient (Wildman–Crippen LogP) is 2.66. The number of aromatic nitrogens is 5. The van der Waals surface area contributed by atoms with Gasteiger partial charge in [-0.05, 0) is 24.6 Å². The van der Waals surface area contributed by atoms with Crippen LogP contribution < -0.4 is 5.43 Å². The highest BCUT2D eigenvalue weighted by atomic mass is 15.4. The van der Waals surface area contributed by atoms with Crippen LogP contribution in [0.5, 0.6) is 0 Å². The number of hydrogen-bond donors (Lipinski definition) is 2. The summed E-state index contributed by atoms with van der Waals surface area (Å²) in [5.41, 5.74) is 7.12. The molecule has 0 aliphatic carbocycles. The number of nitrogens with zero attached hydrogens (tertiary/aromatic N) is 5. The maximum absolute atomic E-state index is 4.41. The van der Waals surface area contributed by atoms with Gasteiger partial charge in [0.2, 0.25) is 0 Å². The molecule has 1 aromatic carbocycles. The van der Waals surface area contributed by atoms with Crippen LogP contribution in [0.1, 0.15) is 11.3 Å². The number of pyridine rings is 1. The van der Waals surface area contributed by atoms with Gasteiger partial charge in [0.25, 0.3) is 5.95 Å². The van der Waals surface area contributed by atoms with Crippen molar-refractivity contribution in [3.63, 3.8) is 0 Å². The molecule has 0 radical (unpaired) electrons. The van der Waals surface area contributed by atoms with E-state index in [0.717, 1.165) is 27.7 Å². The van der Waals surface area contributed by atoms with E-state index in [2.05, 4.69) is 35.7 Å². The highest BCUT2D eigenvalue weighted by Gasteiger charge is 2.09. The van der Waals surface area contributed by atoms with Crippen LogP contribution in [0.4, 0.5) is 5.95 Å².